The molecule has 0 saturated carbocycles. The van der Waals surface area contributed by atoms with Crippen LogP contribution >= 0.6 is 15.9 Å². The van der Waals surface area contributed by atoms with Crippen molar-refractivity contribution in [2.24, 2.45) is 0 Å². The summed E-state index contributed by atoms with van der Waals surface area (Å²) in [6.07, 6.45) is 0. The van der Waals surface area contributed by atoms with E-state index in [0.717, 1.165) is 56.3 Å². The second-order valence-corrected chi connectivity index (χ2v) is 7.34. The number of rotatable bonds is 4. The number of hydrogen-bond acceptors (Lipinski definition) is 4. The largest absolute Gasteiger partial charge is 0.454 e. The van der Waals surface area contributed by atoms with Crippen molar-refractivity contribution in [3.8, 4) is 11.5 Å². The average molecular weight is 407 g/mol. The Morgan fingerprint density at radius 1 is 0.840 bits per heavy atom. The van der Waals surface area contributed by atoms with E-state index >= 15 is 0 Å². The maximum atomic E-state index is 13.3. The van der Waals surface area contributed by atoms with E-state index in [9.17, 15) is 4.39 Å². The zero-order chi connectivity index (χ0) is 17.2. The molecule has 0 amide bonds. The number of fused-ring (bicyclic) bond motifs is 1. The van der Waals surface area contributed by atoms with E-state index < -0.39 is 0 Å². The predicted molar refractivity (Wildman–Crippen MR) is 97.2 cm³/mol. The Bertz CT molecular complexity index is 763. The van der Waals surface area contributed by atoms with Gasteiger partial charge in [-0.1, -0.05) is 12.1 Å². The van der Waals surface area contributed by atoms with E-state index in [1.54, 1.807) is 0 Å². The normalized spacial score (nSPS) is 17.8. The minimum Gasteiger partial charge on any atom is -0.454 e. The van der Waals surface area contributed by atoms with Gasteiger partial charge in [0, 0.05) is 39.3 Å². The summed E-state index contributed by atoms with van der Waals surface area (Å²) in [5.74, 6) is 1.47. The fourth-order valence-corrected chi connectivity index (χ4v) is 3.73. The van der Waals surface area contributed by atoms with Crippen LogP contribution in [0.3, 0.4) is 0 Å². The lowest BCUT2D eigenvalue weighted by Gasteiger charge is -2.34. The van der Waals surface area contributed by atoms with Crippen LogP contribution in [0.25, 0.3) is 0 Å². The first-order valence-electron chi connectivity index (χ1n) is 8.44. The summed E-state index contributed by atoms with van der Waals surface area (Å²) in [7, 11) is 0. The topological polar surface area (TPSA) is 24.9 Å². The van der Waals surface area contributed by atoms with Gasteiger partial charge < -0.3 is 9.47 Å². The number of piperazine rings is 1. The van der Waals surface area contributed by atoms with Gasteiger partial charge in [-0.3, -0.25) is 9.80 Å². The summed E-state index contributed by atoms with van der Waals surface area (Å²) < 4.78 is 24.7. The number of hydrogen-bond donors (Lipinski definition) is 0. The molecule has 0 radical (unpaired) electrons. The molecule has 0 spiro atoms. The Hall–Kier alpha value is -1.63. The van der Waals surface area contributed by atoms with Gasteiger partial charge in [-0.2, -0.15) is 0 Å². The minimum atomic E-state index is -0.211. The van der Waals surface area contributed by atoms with E-state index in [1.165, 1.54) is 11.6 Å². The average Bonchev–Trinajstić information content (AvgIpc) is 3.08. The van der Waals surface area contributed by atoms with Crippen LogP contribution in [-0.2, 0) is 13.1 Å². The van der Waals surface area contributed by atoms with Crippen LogP contribution in [-0.4, -0.2) is 42.8 Å². The number of benzene rings is 2. The van der Waals surface area contributed by atoms with E-state index in [1.807, 2.05) is 18.2 Å². The summed E-state index contributed by atoms with van der Waals surface area (Å²) in [6, 6.07) is 11.4. The van der Waals surface area contributed by atoms with Crippen molar-refractivity contribution < 1.29 is 13.9 Å². The molecule has 0 aliphatic carbocycles. The first kappa shape index (κ1) is 16.8. The van der Waals surface area contributed by atoms with Crippen LogP contribution in [0.5, 0.6) is 11.5 Å². The first-order valence-corrected chi connectivity index (χ1v) is 9.24. The lowest BCUT2D eigenvalue weighted by Crippen LogP contribution is -2.45. The van der Waals surface area contributed by atoms with Crippen molar-refractivity contribution in [3.63, 3.8) is 0 Å². The molecule has 0 atom stereocenters. The van der Waals surface area contributed by atoms with E-state index in [0.29, 0.717) is 11.3 Å². The van der Waals surface area contributed by atoms with Crippen LogP contribution in [0, 0.1) is 5.82 Å². The molecule has 0 aromatic heterocycles. The summed E-state index contributed by atoms with van der Waals surface area (Å²) in [5.41, 5.74) is 2.39. The van der Waals surface area contributed by atoms with E-state index in [2.05, 4.69) is 37.9 Å². The molecule has 2 aliphatic rings. The Kier molecular flexibility index (Phi) is 4.92. The van der Waals surface area contributed by atoms with Crippen molar-refractivity contribution in [2.75, 3.05) is 33.0 Å². The molecule has 2 aliphatic heterocycles. The number of halogens is 2. The smallest absolute Gasteiger partial charge is 0.231 e. The van der Waals surface area contributed by atoms with Crippen LogP contribution in [0.15, 0.2) is 40.9 Å². The molecule has 2 aromatic carbocycles. The van der Waals surface area contributed by atoms with Gasteiger partial charge in [-0.25, -0.2) is 4.39 Å². The molecule has 4 nitrogen and oxygen atoms in total. The van der Waals surface area contributed by atoms with Crippen molar-refractivity contribution in [1.29, 1.82) is 0 Å². The third kappa shape index (κ3) is 3.97. The highest BCUT2D eigenvalue weighted by molar-refractivity contribution is 9.10. The van der Waals surface area contributed by atoms with Gasteiger partial charge >= 0.3 is 0 Å². The lowest BCUT2D eigenvalue weighted by molar-refractivity contribution is 0.122. The molecule has 25 heavy (non-hydrogen) atoms. The highest BCUT2D eigenvalue weighted by Gasteiger charge is 2.19. The van der Waals surface area contributed by atoms with Crippen LogP contribution in [0.1, 0.15) is 11.1 Å². The van der Waals surface area contributed by atoms with Gasteiger partial charge in [-0.05, 0) is 51.3 Å². The molecular formula is C19H20BrFN2O2. The number of nitrogens with zero attached hydrogens (tertiary/aromatic N) is 2. The second-order valence-electron chi connectivity index (χ2n) is 6.49. The third-order valence-electron chi connectivity index (χ3n) is 4.70. The number of ether oxygens (including phenoxy) is 2. The van der Waals surface area contributed by atoms with Crippen molar-refractivity contribution >= 4 is 15.9 Å². The minimum absolute atomic E-state index is 0.211. The fourth-order valence-electron chi connectivity index (χ4n) is 3.30. The zero-order valence-electron chi connectivity index (χ0n) is 13.9. The lowest BCUT2D eigenvalue weighted by atomic mass is 10.1. The quantitative estimate of drug-likeness (QED) is 0.773. The van der Waals surface area contributed by atoms with Gasteiger partial charge in [0.25, 0.3) is 0 Å². The van der Waals surface area contributed by atoms with Crippen LogP contribution in [0.2, 0.25) is 0 Å². The molecule has 0 N–H and O–H groups in total. The van der Waals surface area contributed by atoms with Gasteiger partial charge in [0.1, 0.15) is 5.82 Å². The van der Waals surface area contributed by atoms with Crippen molar-refractivity contribution in [2.45, 2.75) is 13.1 Å². The highest BCUT2D eigenvalue weighted by atomic mass is 79.9. The Morgan fingerprint density at radius 2 is 1.44 bits per heavy atom. The van der Waals surface area contributed by atoms with E-state index in [-0.39, 0.29) is 5.82 Å². The maximum absolute atomic E-state index is 13.3. The van der Waals surface area contributed by atoms with Crippen molar-refractivity contribution in [1.82, 2.24) is 9.80 Å². The van der Waals surface area contributed by atoms with Gasteiger partial charge in [0.15, 0.2) is 11.5 Å². The van der Waals surface area contributed by atoms with Gasteiger partial charge in [0.2, 0.25) is 6.79 Å². The fraction of sp³-hybridized carbons (Fsp3) is 0.368. The standard InChI is InChI=1S/C19H20BrFN2O2/c20-16-9-14(1-3-17(16)21)11-22-5-7-23(8-6-22)12-15-2-4-18-19(10-15)25-13-24-18/h1-4,9-10H,5-8,11-13H2. The molecule has 0 unspecified atom stereocenters. The monoisotopic (exact) mass is 406 g/mol. The van der Waals surface area contributed by atoms with Gasteiger partial charge in [-0.15, -0.1) is 0 Å². The summed E-state index contributed by atoms with van der Waals surface area (Å²) in [4.78, 5) is 4.87. The molecule has 132 valence electrons. The predicted octanol–water partition coefficient (Wildman–Crippen LogP) is 3.63. The van der Waals surface area contributed by atoms with Crippen LogP contribution in [0.4, 0.5) is 4.39 Å². The van der Waals surface area contributed by atoms with Crippen LogP contribution < -0.4 is 9.47 Å². The molecule has 6 heteroatoms. The summed E-state index contributed by atoms with van der Waals surface area (Å²) in [6.45, 7) is 6.17. The van der Waals surface area contributed by atoms with Crippen molar-refractivity contribution in [3.05, 3.63) is 57.8 Å². The zero-order valence-corrected chi connectivity index (χ0v) is 15.5. The molecule has 2 aromatic rings. The third-order valence-corrected chi connectivity index (χ3v) is 5.31. The molecule has 2 heterocycles. The van der Waals surface area contributed by atoms with E-state index in [4.69, 9.17) is 9.47 Å². The Morgan fingerprint density at radius 3 is 2.12 bits per heavy atom. The molecule has 0 bridgehead atoms. The first-order chi connectivity index (χ1) is 12.2. The Labute approximate surface area is 155 Å². The molecule has 1 fully saturated rings. The SMILES string of the molecule is Fc1ccc(CN2CCN(Cc3ccc4c(c3)OCO4)CC2)cc1Br. The highest BCUT2D eigenvalue weighted by Crippen LogP contribution is 2.32. The second kappa shape index (κ2) is 7.32. The Balaban J connectivity index is 1.30. The summed E-state index contributed by atoms with van der Waals surface area (Å²) >= 11 is 3.26. The molecular weight excluding hydrogens is 387 g/mol. The molecule has 1 saturated heterocycles. The summed E-state index contributed by atoms with van der Waals surface area (Å²) in [5, 5.41) is 0. The van der Waals surface area contributed by atoms with Gasteiger partial charge in [0.05, 0.1) is 4.47 Å². The molecule has 4 rings (SSSR count). The maximum Gasteiger partial charge on any atom is 0.231 e.